The third-order valence-electron chi connectivity index (χ3n) is 3.21. The fourth-order valence-electron chi connectivity index (χ4n) is 1.89. The predicted molar refractivity (Wildman–Crippen MR) is 91.5 cm³/mol. The molecule has 20 heavy (non-hydrogen) atoms. The number of rotatable bonds is 7. The lowest BCUT2D eigenvalue weighted by Gasteiger charge is -2.20. The molecule has 0 radical (unpaired) electrons. The van der Waals surface area contributed by atoms with Crippen molar-refractivity contribution in [1.82, 2.24) is 4.90 Å². The molecule has 0 aromatic heterocycles. The SMILES string of the molecule is C=C(CCCCCC(C)(C)C)N(C)CC#CC(C)(C)C. The van der Waals surface area contributed by atoms with E-state index in [4.69, 9.17) is 0 Å². The molecule has 0 rings (SSSR count). The molecule has 0 spiro atoms. The van der Waals surface area contributed by atoms with Crippen LogP contribution in [0.25, 0.3) is 0 Å². The maximum atomic E-state index is 4.17. The van der Waals surface area contributed by atoms with Gasteiger partial charge in [-0.25, -0.2) is 0 Å². The highest BCUT2D eigenvalue weighted by atomic mass is 15.1. The molecule has 1 nitrogen and oxygen atoms in total. The molecule has 0 heterocycles. The minimum Gasteiger partial charge on any atom is -0.367 e. The first-order valence-corrected chi connectivity index (χ1v) is 7.90. The van der Waals surface area contributed by atoms with Crippen LogP contribution < -0.4 is 0 Å². The van der Waals surface area contributed by atoms with Crippen molar-refractivity contribution in [2.75, 3.05) is 13.6 Å². The van der Waals surface area contributed by atoms with E-state index < -0.39 is 0 Å². The van der Waals surface area contributed by atoms with Crippen molar-refractivity contribution in [2.24, 2.45) is 10.8 Å². The van der Waals surface area contributed by atoms with Gasteiger partial charge in [0.2, 0.25) is 0 Å². The first-order chi connectivity index (χ1) is 9.01. The topological polar surface area (TPSA) is 3.24 Å². The summed E-state index contributed by atoms with van der Waals surface area (Å²) in [5.74, 6) is 6.51. The maximum absolute atomic E-state index is 4.17. The summed E-state index contributed by atoms with van der Waals surface area (Å²) in [5.41, 5.74) is 1.77. The van der Waals surface area contributed by atoms with Crippen LogP contribution in [-0.2, 0) is 0 Å². The summed E-state index contributed by atoms with van der Waals surface area (Å²) in [6.45, 7) is 18.3. The highest BCUT2D eigenvalue weighted by Crippen LogP contribution is 2.22. The summed E-state index contributed by atoms with van der Waals surface area (Å²) in [7, 11) is 2.09. The Morgan fingerprint density at radius 3 is 2.10 bits per heavy atom. The largest absolute Gasteiger partial charge is 0.367 e. The van der Waals surface area contributed by atoms with E-state index in [0.717, 1.165) is 13.0 Å². The fourth-order valence-corrected chi connectivity index (χ4v) is 1.89. The molecule has 1 heteroatoms. The van der Waals surface area contributed by atoms with Crippen molar-refractivity contribution in [1.29, 1.82) is 0 Å². The molecule has 0 aromatic carbocycles. The zero-order valence-electron chi connectivity index (χ0n) is 14.9. The Hall–Kier alpha value is -0.900. The lowest BCUT2D eigenvalue weighted by Crippen LogP contribution is -2.17. The van der Waals surface area contributed by atoms with Gasteiger partial charge in [0.05, 0.1) is 6.54 Å². The molecule has 0 atom stereocenters. The average molecular weight is 277 g/mol. The van der Waals surface area contributed by atoms with Crippen LogP contribution in [0.3, 0.4) is 0 Å². The first kappa shape index (κ1) is 19.1. The van der Waals surface area contributed by atoms with Crippen molar-refractivity contribution >= 4 is 0 Å². The van der Waals surface area contributed by atoms with Crippen LogP contribution in [-0.4, -0.2) is 18.5 Å². The van der Waals surface area contributed by atoms with E-state index in [-0.39, 0.29) is 5.41 Å². The Labute approximate surface area is 127 Å². The summed E-state index contributed by atoms with van der Waals surface area (Å²) >= 11 is 0. The van der Waals surface area contributed by atoms with E-state index in [1.807, 2.05) is 0 Å². The number of nitrogens with zero attached hydrogens (tertiary/aromatic N) is 1. The molecule has 0 saturated heterocycles. The van der Waals surface area contributed by atoms with Crippen LogP contribution in [0.1, 0.15) is 73.6 Å². The molecule has 0 amide bonds. The second-order valence-corrected chi connectivity index (χ2v) is 8.10. The van der Waals surface area contributed by atoms with E-state index in [1.54, 1.807) is 0 Å². The molecule has 0 aliphatic heterocycles. The van der Waals surface area contributed by atoms with Gasteiger partial charge in [-0.3, -0.25) is 0 Å². The van der Waals surface area contributed by atoms with E-state index in [1.165, 1.54) is 31.4 Å². The van der Waals surface area contributed by atoms with Gasteiger partial charge in [-0.2, -0.15) is 0 Å². The lowest BCUT2D eigenvalue weighted by atomic mass is 9.89. The van der Waals surface area contributed by atoms with Crippen molar-refractivity contribution in [3.05, 3.63) is 12.3 Å². The molecule has 0 aromatic rings. The fraction of sp³-hybridized carbons (Fsp3) is 0.789. The Morgan fingerprint density at radius 1 is 1.00 bits per heavy atom. The minimum absolute atomic E-state index is 0.0924. The van der Waals surface area contributed by atoms with Gasteiger partial charge in [0.1, 0.15) is 0 Å². The summed E-state index contributed by atoms with van der Waals surface area (Å²) in [6, 6.07) is 0. The lowest BCUT2D eigenvalue weighted by molar-refractivity contribution is 0.355. The molecule has 0 saturated carbocycles. The summed E-state index contributed by atoms with van der Waals surface area (Å²) in [5, 5.41) is 0. The third kappa shape index (κ3) is 12.2. The zero-order chi connectivity index (χ0) is 15.8. The molecule has 0 N–H and O–H groups in total. The van der Waals surface area contributed by atoms with Crippen molar-refractivity contribution in [2.45, 2.75) is 73.6 Å². The first-order valence-electron chi connectivity index (χ1n) is 7.90. The third-order valence-corrected chi connectivity index (χ3v) is 3.21. The summed E-state index contributed by atoms with van der Waals surface area (Å²) < 4.78 is 0. The highest BCUT2D eigenvalue weighted by Gasteiger charge is 2.09. The number of hydrogen-bond acceptors (Lipinski definition) is 1. The standard InChI is InChI=1S/C19H35N/c1-17(13-10-9-11-14-18(2,3)4)20(8)16-12-15-19(5,6)7/h1,9-11,13-14,16H2,2-8H3. The predicted octanol–water partition coefficient (Wildman–Crippen LogP) is 5.48. The Kier molecular flexibility index (Phi) is 8.02. The zero-order valence-corrected chi connectivity index (χ0v) is 14.9. The van der Waals surface area contributed by atoms with Gasteiger partial charge in [-0.1, -0.05) is 52.0 Å². The Bertz CT molecular complexity index is 341. The van der Waals surface area contributed by atoms with Gasteiger partial charge in [0.15, 0.2) is 0 Å². The van der Waals surface area contributed by atoms with E-state index in [0.29, 0.717) is 5.41 Å². The van der Waals surface area contributed by atoms with Gasteiger partial charge >= 0.3 is 0 Å². The Morgan fingerprint density at radius 2 is 1.60 bits per heavy atom. The molecule has 0 fully saturated rings. The molecule has 0 aliphatic rings. The van der Waals surface area contributed by atoms with Gasteiger partial charge in [-0.15, -0.1) is 0 Å². The smallest absolute Gasteiger partial charge is 0.0788 e. The van der Waals surface area contributed by atoms with Crippen molar-refractivity contribution in [3.8, 4) is 11.8 Å². The van der Waals surface area contributed by atoms with Crippen LogP contribution in [0.2, 0.25) is 0 Å². The summed E-state index contributed by atoms with van der Waals surface area (Å²) in [4.78, 5) is 2.18. The minimum atomic E-state index is 0.0924. The highest BCUT2D eigenvalue weighted by molar-refractivity contribution is 5.10. The number of hydrogen-bond donors (Lipinski definition) is 0. The van der Waals surface area contributed by atoms with E-state index >= 15 is 0 Å². The Balaban J connectivity index is 3.83. The van der Waals surface area contributed by atoms with Gasteiger partial charge in [0.25, 0.3) is 0 Å². The normalized spacial score (nSPS) is 11.8. The van der Waals surface area contributed by atoms with Crippen LogP contribution in [0, 0.1) is 22.7 Å². The molecule has 0 aliphatic carbocycles. The van der Waals surface area contributed by atoms with Crippen molar-refractivity contribution in [3.63, 3.8) is 0 Å². The quantitative estimate of drug-likeness (QED) is 0.440. The van der Waals surface area contributed by atoms with Crippen LogP contribution >= 0.6 is 0 Å². The number of unbranched alkanes of at least 4 members (excludes halogenated alkanes) is 2. The molecule has 0 bridgehead atoms. The van der Waals surface area contributed by atoms with E-state index in [2.05, 4.69) is 71.9 Å². The molecular weight excluding hydrogens is 242 g/mol. The molecule has 0 unspecified atom stereocenters. The second kappa shape index (κ2) is 8.40. The van der Waals surface area contributed by atoms with Gasteiger partial charge in [0, 0.05) is 18.2 Å². The van der Waals surface area contributed by atoms with Crippen LogP contribution in [0.5, 0.6) is 0 Å². The van der Waals surface area contributed by atoms with Crippen molar-refractivity contribution < 1.29 is 0 Å². The van der Waals surface area contributed by atoms with E-state index in [9.17, 15) is 0 Å². The van der Waals surface area contributed by atoms with Gasteiger partial charge in [-0.05, 0) is 45.4 Å². The molecule has 116 valence electrons. The maximum Gasteiger partial charge on any atom is 0.0788 e. The van der Waals surface area contributed by atoms with Crippen LogP contribution in [0.15, 0.2) is 12.3 Å². The monoisotopic (exact) mass is 277 g/mol. The van der Waals surface area contributed by atoms with Gasteiger partial charge < -0.3 is 4.90 Å². The second-order valence-electron chi connectivity index (χ2n) is 8.10. The molecular formula is C19H35N. The number of allylic oxidation sites excluding steroid dienone is 1. The average Bonchev–Trinajstić information content (AvgIpc) is 2.24. The summed E-state index contributed by atoms with van der Waals surface area (Å²) in [6.07, 6.45) is 6.28. The van der Waals surface area contributed by atoms with Crippen LogP contribution in [0.4, 0.5) is 0 Å².